The minimum atomic E-state index is -0.849. The number of halogens is 1. The van der Waals surface area contributed by atoms with Gasteiger partial charge in [-0.15, -0.1) is 0 Å². The van der Waals surface area contributed by atoms with Gasteiger partial charge >= 0.3 is 0 Å². The van der Waals surface area contributed by atoms with Crippen LogP contribution >= 0.6 is 0 Å². The second kappa shape index (κ2) is 5.40. The molecule has 1 aliphatic heterocycles. The zero-order valence-electron chi connectivity index (χ0n) is 10.6. The summed E-state index contributed by atoms with van der Waals surface area (Å²) in [6.45, 7) is 0.687. The Kier molecular flexibility index (Phi) is 3.84. The van der Waals surface area contributed by atoms with Gasteiger partial charge in [0.1, 0.15) is 11.9 Å². The Morgan fingerprint density at radius 1 is 1.63 bits per heavy atom. The van der Waals surface area contributed by atoms with Gasteiger partial charge in [-0.2, -0.15) is 0 Å². The summed E-state index contributed by atoms with van der Waals surface area (Å²) < 4.78 is 14.5. The molecule has 19 heavy (non-hydrogen) atoms. The van der Waals surface area contributed by atoms with Gasteiger partial charge in [0.15, 0.2) is 0 Å². The van der Waals surface area contributed by atoms with Crippen LogP contribution in [0.5, 0.6) is 0 Å². The summed E-state index contributed by atoms with van der Waals surface area (Å²) in [5.41, 5.74) is 5.79. The number of primary amides is 1. The number of carbonyl (C=O) groups is 2. The highest BCUT2D eigenvalue weighted by Gasteiger charge is 2.24. The smallest absolute Gasteiger partial charge is 0.267 e. The fraction of sp³-hybridized carbons (Fsp3) is 0.500. The van der Waals surface area contributed by atoms with Gasteiger partial charge in [0.05, 0.1) is 5.56 Å². The van der Waals surface area contributed by atoms with Gasteiger partial charge in [0.2, 0.25) is 5.91 Å². The van der Waals surface area contributed by atoms with Crippen LogP contribution in [-0.2, 0) is 7.05 Å². The van der Waals surface area contributed by atoms with E-state index in [9.17, 15) is 14.0 Å². The molecule has 2 atom stereocenters. The predicted molar refractivity (Wildman–Crippen MR) is 67.6 cm³/mol. The zero-order chi connectivity index (χ0) is 14.0. The molecule has 1 saturated heterocycles. The molecule has 4 N–H and O–H groups in total. The number of hydrogen-bond donors (Lipinski definition) is 3. The van der Waals surface area contributed by atoms with Crippen LogP contribution in [0.25, 0.3) is 0 Å². The van der Waals surface area contributed by atoms with Crippen LogP contribution in [0, 0.1) is 0 Å². The van der Waals surface area contributed by atoms with Crippen LogP contribution in [0.3, 0.4) is 0 Å². The molecule has 2 amide bonds. The first-order valence-electron chi connectivity index (χ1n) is 6.09. The predicted octanol–water partition coefficient (Wildman–Crippen LogP) is -0.446. The van der Waals surface area contributed by atoms with E-state index in [0.717, 1.165) is 0 Å². The minimum Gasteiger partial charge on any atom is -0.366 e. The van der Waals surface area contributed by atoms with Crippen LogP contribution in [0.15, 0.2) is 12.3 Å². The maximum Gasteiger partial charge on any atom is 0.267 e. The molecule has 1 aromatic heterocycles. The van der Waals surface area contributed by atoms with Gasteiger partial charge < -0.3 is 20.9 Å². The highest BCUT2D eigenvalue weighted by atomic mass is 19.1. The maximum atomic E-state index is 12.9. The summed E-state index contributed by atoms with van der Waals surface area (Å²) in [5, 5.41) is 5.69. The van der Waals surface area contributed by atoms with Crippen molar-refractivity contribution in [3.05, 3.63) is 23.5 Å². The Morgan fingerprint density at radius 2 is 2.37 bits per heavy atom. The molecule has 1 aromatic rings. The maximum absolute atomic E-state index is 12.9. The summed E-state index contributed by atoms with van der Waals surface area (Å²) in [7, 11) is 1.66. The largest absolute Gasteiger partial charge is 0.366 e. The van der Waals surface area contributed by atoms with E-state index in [1.54, 1.807) is 7.05 Å². The van der Waals surface area contributed by atoms with Gasteiger partial charge in [-0.05, 0) is 12.5 Å². The molecule has 6 nitrogen and oxygen atoms in total. The van der Waals surface area contributed by atoms with Crippen molar-refractivity contribution in [1.29, 1.82) is 0 Å². The lowest BCUT2D eigenvalue weighted by molar-refractivity contribution is 0.0941. The number of amides is 2. The number of aromatic nitrogens is 1. The number of nitrogens with one attached hydrogen (secondary N) is 2. The van der Waals surface area contributed by atoms with Gasteiger partial charge in [-0.3, -0.25) is 9.59 Å². The normalized spacial score (nSPS) is 22.4. The molecule has 7 heteroatoms. The van der Waals surface area contributed by atoms with Crippen molar-refractivity contribution in [1.82, 2.24) is 15.2 Å². The van der Waals surface area contributed by atoms with E-state index in [-0.39, 0.29) is 17.5 Å². The van der Waals surface area contributed by atoms with Crippen molar-refractivity contribution in [3.63, 3.8) is 0 Å². The molecular weight excluding hydrogens is 251 g/mol. The SMILES string of the molecule is Cn1cc(C(N)=O)cc1C(=O)NC[C@@H]1C[C@H](F)CN1. The number of rotatable bonds is 4. The lowest BCUT2D eigenvalue weighted by Gasteiger charge is -2.11. The molecule has 2 rings (SSSR count). The average molecular weight is 268 g/mol. The highest BCUT2D eigenvalue weighted by molar-refractivity contribution is 5.98. The van der Waals surface area contributed by atoms with Crippen molar-refractivity contribution in [2.24, 2.45) is 12.8 Å². The van der Waals surface area contributed by atoms with Gasteiger partial charge in [0, 0.05) is 32.4 Å². The Labute approximate surface area is 110 Å². The topological polar surface area (TPSA) is 89.2 Å². The quantitative estimate of drug-likeness (QED) is 0.691. The summed E-state index contributed by atoms with van der Waals surface area (Å²) in [6, 6.07) is 1.40. The van der Waals surface area contributed by atoms with E-state index in [2.05, 4.69) is 10.6 Å². The standard InChI is InChI=1S/C12H17FN4O2/c1-17-6-7(11(14)18)2-10(17)12(19)16-5-9-3-8(13)4-15-9/h2,6,8-9,15H,3-5H2,1H3,(H2,14,18)(H,16,19)/t8-,9-/m0/s1. The molecule has 0 saturated carbocycles. The first-order valence-corrected chi connectivity index (χ1v) is 6.09. The fourth-order valence-corrected chi connectivity index (χ4v) is 2.16. The van der Waals surface area contributed by atoms with Crippen LogP contribution in [0.2, 0.25) is 0 Å². The van der Waals surface area contributed by atoms with Gasteiger partial charge in [0.25, 0.3) is 5.91 Å². The number of alkyl halides is 1. The molecular formula is C12H17FN4O2. The fourth-order valence-electron chi connectivity index (χ4n) is 2.16. The van der Waals surface area contributed by atoms with E-state index < -0.39 is 12.1 Å². The zero-order valence-corrected chi connectivity index (χ0v) is 10.6. The summed E-state index contributed by atoms with van der Waals surface area (Å²) in [4.78, 5) is 23.0. The number of carbonyl (C=O) groups excluding carboxylic acids is 2. The Hall–Kier alpha value is -1.89. The highest BCUT2D eigenvalue weighted by Crippen LogP contribution is 2.10. The second-order valence-electron chi connectivity index (χ2n) is 4.74. The van der Waals surface area contributed by atoms with Crippen LogP contribution in [-0.4, -0.2) is 41.7 Å². The van der Waals surface area contributed by atoms with E-state index in [4.69, 9.17) is 5.73 Å². The molecule has 1 aliphatic rings. The first-order chi connectivity index (χ1) is 8.97. The summed E-state index contributed by atoms with van der Waals surface area (Å²) >= 11 is 0. The number of nitrogens with zero attached hydrogens (tertiary/aromatic N) is 1. The monoisotopic (exact) mass is 268 g/mol. The lowest BCUT2D eigenvalue weighted by Crippen LogP contribution is -2.37. The van der Waals surface area contributed by atoms with E-state index in [0.29, 0.717) is 25.2 Å². The third-order valence-corrected chi connectivity index (χ3v) is 3.20. The van der Waals surface area contributed by atoms with Gasteiger partial charge in [-0.1, -0.05) is 0 Å². The van der Waals surface area contributed by atoms with Crippen molar-refractivity contribution in [3.8, 4) is 0 Å². The van der Waals surface area contributed by atoms with Crippen LogP contribution in [0.1, 0.15) is 27.3 Å². The molecule has 0 spiro atoms. The summed E-state index contributed by atoms with van der Waals surface area (Å²) in [5.74, 6) is -0.883. The molecule has 0 aromatic carbocycles. The van der Waals surface area contributed by atoms with Crippen molar-refractivity contribution < 1.29 is 14.0 Å². The second-order valence-corrected chi connectivity index (χ2v) is 4.74. The van der Waals surface area contributed by atoms with Crippen molar-refractivity contribution in [2.45, 2.75) is 18.6 Å². The summed E-state index contributed by atoms with van der Waals surface area (Å²) in [6.07, 6.45) is 1.06. The third-order valence-electron chi connectivity index (χ3n) is 3.20. The molecule has 0 bridgehead atoms. The Balaban J connectivity index is 1.94. The molecule has 0 unspecified atom stereocenters. The van der Waals surface area contributed by atoms with Crippen molar-refractivity contribution in [2.75, 3.05) is 13.1 Å². The minimum absolute atomic E-state index is 0.0465. The van der Waals surface area contributed by atoms with E-state index in [1.165, 1.54) is 16.8 Å². The molecule has 0 aliphatic carbocycles. The molecule has 0 radical (unpaired) electrons. The van der Waals surface area contributed by atoms with Crippen LogP contribution in [0.4, 0.5) is 4.39 Å². The Bertz CT molecular complexity index is 500. The van der Waals surface area contributed by atoms with Crippen molar-refractivity contribution >= 4 is 11.8 Å². The molecule has 1 fully saturated rings. The third kappa shape index (κ3) is 3.11. The van der Waals surface area contributed by atoms with Gasteiger partial charge in [-0.25, -0.2) is 4.39 Å². The average Bonchev–Trinajstić information content (AvgIpc) is 2.92. The number of aryl methyl sites for hydroxylation is 1. The Morgan fingerprint density at radius 3 is 2.89 bits per heavy atom. The molecule has 104 valence electrons. The van der Waals surface area contributed by atoms with E-state index >= 15 is 0 Å². The number of nitrogens with two attached hydrogens (primary N) is 1. The number of hydrogen-bond acceptors (Lipinski definition) is 3. The first kappa shape index (κ1) is 13.5. The molecule has 2 heterocycles. The van der Waals surface area contributed by atoms with Crippen LogP contribution < -0.4 is 16.4 Å². The lowest BCUT2D eigenvalue weighted by atomic mass is 10.2. The van der Waals surface area contributed by atoms with E-state index in [1.807, 2.05) is 0 Å².